The molecule has 49 valence electrons. The largest absolute Gasteiger partial charge is 0.393 e. The van der Waals surface area contributed by atoms with Crippen LogP contribution in [0.5, 0.6) is 0 Å². The van der Waals surface area contributed by atoms with Crippen LogP contribution in [-0.2, 0) is 0 Å². The summed E-state index contributed by atoms with van der Waals surface area (Å²) in [7, 11) is 0. The molecule has 0 aromatic rings. The quantitative estimate of drug-likeness (QED) is 0.480. The summed E-state index contributed by atoms with van der Waals surface area (Å²) in [6.07, 6.45) is 2.83. The van der Waals surface area contributed by atoms with Crippen molar-refractivity contribution in [3.63, 3.8) is 0 Å². The van der Waals surface area contributed by atoms with Crippen LogP contribution in [0.1, 0.15) is 25.7 Å². The molecule has 1 radical (unpaired) electrons. The zero-order valence-corrected chi connectivity index (χ0v) is 9.00. The fourth-order valence-corrected chi connectivity index (χ4v) is 1.14. The van der Waals surface area contributed by atoms with E-state index in [0.29, 0.717) is 6.42 Å². The molecule has 2 atom stereocenters. The first-order valence-electron chi connectivity index (χ1n) is 3.15. The van der Waals surface area contributed by atoms with E-state index in [1.54, 1.807) is 0 Å². The third kappa shape index (κ3) is 4.09. The van der Waals surface area contributed by atoms with Crippen molar-refractivity contribution in [2.45, 2.75) is 37.9 Å². The number of hydrogen-bond donors (Lipinski definition) is 2. The molecule has 2 nitrogen and oxygen atoms in total. The van der Waals surface area contributed by atoms with E-state index in [1.807, 2.05) is 0 Å². The van der Waals surface area contributed by atoms with Crippen LogP contribution in [-0.4, -0.2) is 73.8 Å². The number of aliphatic hydroxyl groups is 2. The van der Waals surface area contributed by atoms with Gasteiger partial charge in [0, 0.05) is 51.4 Å². The van der Waals surface area contributed by atoms with E-state index >= 15 is 0 Å². The van der Waals surface area contributed by atoms with Crippen molar-refractivity contribution < 1.29 is 10.2 Å². The van der Waals surface area contributed by atoms with E-state index in [0.717, 1.165) is 19.3 Å². The van der Waals surface area contributed by atoms with Gasteiger partial charge in [-0.15, -0.1) is 0 Å². The summed E-state index contributed by atoms with van der Waals surface area (Å²) in [5.74, 6) is 0. The van der Waals surface area contributed by atoms with Crippen LogP contribution in [0.15, 0.2) is 0 Å². The van der Waals surface area contributed by atoms with Gasteiger partial charge in [0.1, 0.15) is 0 Å². The van der Waals surface area contributed by atoms with Crippen molar-refractivity contribution in [1.82, 2.24) is 0 Å². The molecular formula is C6H12KO2. The van der Waals surface area contributed by atoms with Gasteiger partial charge in [0.05, 0.1) is 12.2 Å². The van der Waals surface area contributed by atoms with Crippen LogP contribution in [0, 0.1) is 0 Å². The Hall–Kier alpha value is 1.56. The number of rotatable bonds is 0. The second kappa shape index (κ2) is 5.24. The predicted octanol–water partition coefficient (Wildman–Crippen LogP) is -0.0986. The Morgan fingerprint density at radius 1 is 1.00 bits per heavy atom. The summed E-state index contributed by atoms with van der Waals surface area (Å²) in [6.45, 7) is 0. The van der Waals surface area contributed by atoms with E-state index in [2.05, 4.69) is 0 Å². The van der Waals surface area contributed by atoms with Gasteiger partial charge in [0.2, 0.25) is 0 Å². The van der Waals surface area contributed by atoms with Crippen molar-refractivity contribution in [3.05, 3.63) is 0 Å². The van der Waals surface area contributed by atoms with Crippen LogP contribution in [0.4, 0.5) is 0 Å². The van der Waals surface area contributed by atoms with Gasteiger partial charge >= 0.3 is 0 Å². The number of aliphatic hydroxyl groups excluding tert-OH is 2. The van der Waals surface area contributed by atoms with Gasteiger partial charge in [0.25, 0.3) is 0 Å². The van der Waals surface area contributed by atoms with Crippen molar-refractivity contribution >= 4 is 51.4 Å². The van der Waals surface area contributed by atoms with Gasteiger partial charge < -0.3 is 10.2 Å². The number of hydrogen-bond acceptors (Lipinski definition) is 2. The molecule has 1 fully saturated rings. The summed E-state index contributed by atoms with van der Waals surface area (Å²) >= 11 is 0. The Morgan fingerprint density at radius 2 is 1.44 bits per heavy atom. The van der Waals surface area contributed by atoms with E-state index in [1.165, 1.54) is 0 Å². The van der Waals surface area contributed by atoms with Gasteiger partial charge in [-0.1, -0.05) is 0 Å². The van der Waals surface area contributed by atoms with Gasteiger partial charge in [0.15, 0.2) is 0 Å². The average molecular weight is 155 g/mol. The molecule has 1 saturated carbocycles. The molecule has 1 aliphatic rings. The summed E-state index contributed by atoms with van der Waals surface area (Å²) < 4.78 is 0. The minimum Gasteiger partial charge on any atom is -0.393 e. The molecule has 0 aromatic carbocycles. The molecule has 2 unspecified atom stereocenters. The molecule has 0 aliphatic heterocycles. The van der Waals surface area contributed by atoms with Crippen LogP contribution < -0.4 is 0 Å². The molecule has 1 rings (SSSR count). The molecular weight excluding hydrogens is 143 g/mol. The minimum atomic E-state index is -0.237. The van der Waals surface area contributed by atoms with Gasteiger partial charge in [-0.05, 0) is 25.7 Å². The first-order chi connectivity index (χ1) is 3.79. The van der Waals surface area contributed by atoms with Crippen LogP contribution in [0.25, 0.3) is 0 Å². The Kier molecular flexibility index (Phi) is 6.14. The molecule has 0 heterocycles. The second-order valence-electron chi connectivity index (χ2n) is 2.47. The molecule has 0 saturated heterocycles. The Morgan fingerprint density at radius 3 is 1.67 bits per heavy atom. The van der Waals surface area contributed by atoms with Crippen molar-refractivity contribution in [2.75, 3.05) is 0 Å². The fraction of sp³-hybridized carbons (Fsp3) is 1.00. The van der Waals surface area contributed by atoms with Crippen molar-refractivity contribution in [1.29, 1.82) is 0 Å². The van der Waals surface area contributed by atoms with E-state index in [9.17, 15) is 0 Å². The first kappa shape index (κ1) is 10.6. The van der Waals surface area contributed by atoms with E-state index in [-0.39, 0.29) is 63.6 Å². The summed E-state index contributed by atoms with van der Waals surface area (Å²) in [5, 5.41) is 17.8. The van der Waals surface area contributed by atoms with Crippen molar-refractivity contribution in [3.8, 4) is 0 Å². The maximum Gasteiger partial charge on any atom is 0.0564 e. The molecule has 0 aromatic heterocycles. The predicted molar refractivity (Wildman–Crippen MR) is 36.2 cm³/mol. The van der Waals surface area contributed by atoms with E-state index < -0.39 is 0 Å². The summed E-state index contributed by atoms with van der Waals surface area (Å²) in [5.41, 5.74) is 0. The summed E-state index contributed by atoms with van der Waals surface area (Å²) in [6, 6.07) is 0. The molecule has 0 amide bonds. The normalized spacial score (nSPS) is 35.3. The standard InChI is InChI=1S/C6H12O2.K/c7-5-2-1-3-6(8)4-5;/h5-8H,1-4H2;. The zero-order valence-electron chi connectivity index (χ0n) is 5.88. The topological polar surface area (TPSA) is 40.5 Å². The Balaban J connectivity index is 0.000000640. The second-order valence-corrected chi connectivity index (χ2v) is 2.47. The monoisotopic (exact) mass is 155 g/mol. The SMILES string of the molecule is OC1CCCC(O)C1.[K]. The third-order valence-corrected chi connectivity index (χ3v) is 1.62. The van der Waals surface area contributed by atoms with Gasteiger partial charge in [-0.3, -0.25) is 0 Å². The van der Waals surface area contributed by atoms with E-state index in [4.69, 9.17) is 10.2 Å². The van der Waals surface area contributed by atoms with Gasteiger partial charge in [-0.25, -0.2) is 0 Å². The average Bonchev–Trinajstić information content (AvgIpc) is 1.64. The van der Waals surface area contributed by atoms with Crippen LogP contribution >= 0.6 is 0 Å². The molecule has 9 heavy (non-hydrogen) atoms. The molecule has 0 spiro atoms. The maximum absolute atomic E-state index is 8.92. The zero-order chi connectivity index (χ0) is 5.98. The van der Waals surface area contributed by atoms with Crippen LogP contribution in [0.3, 0.4) is 0 Å². The Bertz CT molecular complexity index is 69.5. The molecule has 1 aliphatic carbocycles. The molecule has 3 heteroatoms. The smallest absolute Gasteiger partial charge is 0.0564 e. The summed E-state index contributed by atoms with van der Waals surface area (Å²) in [4.78, 5) is 0. The fourth-order valence-electron chi connectivity index (χ4n) is 1.14. The molecule has 0 bridgehead atoms. The van der Waals surface area contributed by atoms with Crippen molar-refractivity contribution in [2.24, 2.45) is 0 Å². The van der Waals surface area contributed by atoms with Gasteiger partial charge in [-0.2, -0.15) is 0 Å². The first-order valence-corrected chi connectivity index (χ1v) is 3.15. The minimum absolute atomic E-state index is 0. The Labute approximate surface area is 98.1 Å². The third-order valence-electron chi connectivity index (χ3n) is 1.62. The molecule has 2 N–H and O–H groups in total. The van der Waals surface area contributed by atoms with Crippen LogP contribution in [0.2, 0.25) is 0 Å². The maximum atomic E-state index is 8.92.